The Labute approximate surface area is 176 Å². The van der Waals surface area contributed by atoms with Crippen LogP contribution in [0.4, 0.5) is 0 Å². The molecule has 0 aromatic carbocycles. The third-order valence-corrected chi connectivity index (χ3v) is 5.73. The van der Waals surface area contributed by atoms with E-state index in [0.717, 1.165) is 38.7 Å². The molecule has 0 radical (unpaired) electrons. The number of thioether (sulfide) groups is 1. The van der Waals surface area contributed by atoms with Crippen LogP contribution in [0.2, 0.25) is 0 Å². The van der Waals surface area contributed by atoms with E-state index < -0.39 is 0 Å². The van der Waals surface area contributed by atoms with Gasteiger partial charge in [0.15, 0.2) is 5.96 Å². The van der Waals surface area contributed by atoms with Gasteiger partial charge in [0.2, 0.25) is 0 Å². The quantitative estimate of drug-likeness (QED) is 0.329. The third kappa shape index (κ3) is 9.15. The molecule has 2 atom stereocenters. The van der Waals surface area contributed by atoms with Gasteiger partial charge < -0.3 is 15.4 Å². The molecule has 5 nitrogen and oxygen atoms in total. The molecule has 150 valence electrons. The first-order valence-electron chi connectivity index (χ1n) is 9.07. The summed E-state index contributed by atoms with van der Waals surface area (Å²) in [6.07, 6.45) is 2.71. The van der Waals surface area contributed by atoms with Crippen molar-refractivity contribution in [1.82, 2.24) is 15.5 Å². The smallest absolute Gasteiger partial charge is 0.191 e. The molecule has 0 amide bonds. The minimum atomic E-state index is 0. The number of rotatable bonds is 7. The third-order valence-electron chi connectivity index (χ3n) is 4.48. The normalized spacial score (nSPS) is 23.1. The largest absolute Gasteiger partial charge is 0.373 e. The molecule has 1 fully saturated rings. The summed E-state index contributed by atoms with van der Waals surface area (Å²) in [6.45, 7) is 19.9. The van der Waals surface area contributed by atoms with Crippen LogP contribution in [0.3, 0.4) is 0 Å². The lowest BCUT2D eigenvalue weighted by Gasteiger charge is -2.44. The Hall–Kier alpha value is 0.270. The molecule has 1 aliphatic rings. The van der Waals surface area contributed by atoms with E-state index in [-0.39, 0.29) is 46.5 Å². The second kappa shape index (κ2) is 11.2. The van der Waals surface area contributed by atoms with Crippen molar-refractivity contribution >= 4 is 41.7 Å². The van der Waals surface area contributed by atoms with Crippen LogP contribution in [0.25, 0.3) is 0 Å². The maximum Gasteiger partial charge on any atom is 0.191 e. The summed E-state index contributed by atoms with van der Waals surface area (Å²) < 4.78 is 6.05. The van der Waals surface area contributed by atoms with Gasteiger partial charge in [-0.2, -0.15) is 11.8 Å². The van der Waals surface area contributed by atoms with Crippen molar-refractivity contribution in [2.75, 3.05) is 39.0 Å². The lowest BCUT2D eigenvalue weighted by atomic mass is 10.0. The Kier molecular flexibility index (Phi) is 11.3. The average molecular weight is 487 g/mol. The van der Waals surface area contributed by atoms with E-state index >= 15 is 0 Å². The van der Waals surface area contributed by atoms with E-state index in [2.05, 4.69) is 70.3 Å². The summed E-state index contributed by atoms with van der Waals surface area (Å²) in [7, 11) is 0. The van der Waals surface area contributed by atoms with Gasteiger partial charge in [-0.1, -0.05) is 0 Å². The average Bonchev–Trinajstić information content (AvgIpc) is 2.49. The maximum absolute atomic E-state index is 5.86. The van der Waals surface area contributed by atoms with Gasteiger partial charge in [-0.3, -0.25) is 9.89 Å². The molecule has 0 aliphatic carbocycles. The zero-order valence-electron chi connectivity index (χ0n) is 17.3. The molecule has 7 heteroatoms. The maximum atomic E-state index is 5.86. The highest BCUT2D eigenvalue weighted by Crippen LogP contribution is 2.22. The molecule has 1 heterocycles. The topological polar surface area (TPSA) is 48.9 Å². The fourth-order valence-electron chi connectivity index (χ4n) is 2.76. The predicted molar refractivity (Wildman–Crippen MR) is 123 cm³/mol. The monoisotopic (exact) mass is 486 g/mol. The van der Waals surface area contributed by atoms with Crippen molar-refractivity contribution in [2.24, 2.45) is 4.99 Å². The van der Waals surface area contributed by atoms with Crippen LogP contribution in [0, 0.1) is 0 Å². The first-order chi connectivity index (χ1) is 11.1. The fourth-order valence-corrected chi connectivity index (χ4v) is 2.97. The molecular formula is C18H39IN4OS. The number of ether oxygens (including phenoxy) is 1. The summed E-state index contributed by atoms with van der Waals surface area (Å²) in [4.78, 5) is 7.36. The molecule has 0 spiro atoms. The highest BCUT2D eigenvalue weighted by atomic mass is 127. The Morgan fingerprint density at radius 1 is 1.16 bits per heavy atom. The Balaban J connectivity index is 0.00000576. The van der Waals surface area contributed by atoms with E-state index in [4.69, 9.17) is 9.73 Å². The second-order valence-electron chi connectivity index (χ2n) is 7.99. The Morgan fingerprint density at radius 3 is 2.20 bits per heavy atom. The van der Waals surface area contributed by atoms with E-state index in [9.17, 15) is 0 Å². The summed E-state index contributed by atoms with van der Waals surface area (Å²) in [5, 5.41) is 6.84. The number of hydrogen-bond acceptors (Lipinski definition) is 4. The Morgan fingerprint density at radius 2 is 1.72 bits per heavy atom. The van der Waals surface area contributed by atoms with Gasteiger partial charge in [-0.25, -0.2) is 0 Å². The fraction of sp³-hybridized carbons (Fsp3) is 0.944. The van der Waals surface area contributed by atoms with Crippen LogP contribution in [0.1, 0.15) is 48.5 Å². The molecule has 25 heavy (non-hydrogen) atoms. The number of nitrogens with one attached hydrogen (secondary N) is 2. The predicted octanol–water partition coefficient (Wildman–Crippen LogP) is 3.19. The van der Waals surface area contributed by atoms with Crippen molar-refractivity contribution in [3.8, 4) is 0 Å². The van der Waals surface area contributed by atoms with Crippen molar-refractivity contribution in [3.05, 3.63) is 0 Å². The van der Waals surface area contributed by atoms with Crippen LogP contribution in [0.15, 0.2) is 4.99 Å². The van der Waals surface area contributed by atoms with E-state index in [1.165, 1.54) is 0 Å². The van der Waals surface area contributed by atoms with Crippen LogP contribution >= 0.6 is 35.7 Å². The lowest BCUT2D eigenvalue weighted by molar-refractivity contribution is -0.0939. The van der Waals surface area contributed by atoms with Gasteiger partial charge in [0.25, 0.3) is 0 Å². The number of aliphatic imine (C=N–C) groups is 1. The number of hydrogen-bond donors (Lipinski definition) is 2. The van der Waals surface area contributed by atoms with Crippen LogP contribution in [-0.2, 0) is 4.74 Å². The first-order valence-corrected chi connectivity index (χ1v) is 10.3. The van der Waals surface area contributed by atoms with E-state index in [0.29, 0.717) is 0 Å². The number of nitrogens with zero attached hydrogens (tertiary/aromatic N) is 2. The van der Waals surface area contributed by atoms with Gasteiger partial charge in [0.05, 0.1) is 18.8 Å². The molecule has 2 N–H and O–H groups in total. The zero-order chi connectivity index (χ0) is 18.4. The summed E-state index contributed by atoms with van der Waals surface area (Å²) in [5.74, 6) is 0.905. The number of guanidine groups is 1. The Bertz CT molecular complexity index is 408. The molecule has 0 saturated carbocycles. The lowest BCUT2D eigenvalue weighted by Crippen LogP contribution is -2.56. The van der Waals surface area contributed by atoms with Gasteiger partial charge in [-0.05, 0) is 54.7 Å². The summed E-state index contributed by atoms with van der Waals surface area (Å²) in [6, 6.07) is 0. The van der Waals surface area contributed by atoms with Crippen molar-refractivity contribution in [1.29, 1.82) is 0 Å². The molecule has 0 bridgehead atoms. The van der Waals surface area contributed by atoms with Crippen LogP contribution in [0.5, 0.6) is 0 Å². The van der Waals surface area contributed by atoms with Gasteiger partial charge in [-0.15, -0.1) is 24.0 Å². The molecular weight excluding hydrogens is 447 g/mol. The molecule has 1 aliphatic heterocycles. The molecule has 1 rings (SSSR count). The minimum absolute atomic E-state index is 0. The first kappa shape index (κ1) is 25.3. The van der Waals surface area contributed by atoms with E-state index in [1.807, 2.05) is 11.8 Å². The van der Waals surface area contributed by atoms with Crippen LogP contribution in [-0.4, -0.2) is 72.3 Å². The van der Waals surface area contributed by atoms with Gasteiger partial charge in [0, 0.05) is 36.5 Å². The molecule has 1 saturated heterocycles. The zero-order valence-corrected chi connectivity index (χ0v) is 20.5. The van der Waals surface area contributed by atoms with Gasteiger partial charge >= 0.3 is 0 Å². The minimum Gasteiger partial charge on any atom is -0.373 e. The molecule has 0 aromatic rings. The van der Waals surface area contributed by atoms with Gasteiger partial charge in [0.1, 0.15) is 0 Å². The molecule has 0 aromatic heterocycles. The van der Waals surface area contributed by atoms with Crippen molar-refractivity contribution < 1.29 is 4.74 Å². The second-order valence-corrected chi connectivity index (χ2v) is 9.50. The number of halogens is 1. The SMILES string of the molecule is CCNC(=NCC(C)(C)N1CC(C)OC(C)C1)NCC(C)(C)SC.I. The summed E-state index contributed by atoms with van der Waals surface area (Å²) >= 11 is 1.87. The van der Waals surface area contributed by atoms with Crippen molar-refractivity contribution in [2.45, 2.75) is 71.0 Å². The van der Waals surface area contributed by atoms with Crippen molar-refractivity contribution in [3.63, 3.8) is 0 Å². The summed E-state index contributed by atoms with van der Waals surface area (Å²) in [5.41, 5.74) is 0.0175. The number of morpholine rings is 1. The molecule has 2 unspecified atom stereocenters. The van der Waals surface area contributed by atoms with E-state index in [1.54, 1.807) is 0 Å². The van der Waals surface area contributed by atoms with Crippen LogP contribution < -0.4 is 10.6 Å². The standard InChI is InChI=1S/C18H38N4OS.HI/c1-9-19-16(21-13-18(6,7)24-8)20-12-17(4,5)22-10-14(2)23-15(3)11-22;/h14-15H,9-13H2,1-8H3,(H2,19,20,21);1H. The highest BCUT2D eigenvalue weighted by molar-refractivity contribution is 14.0. The highest BCUT2D eigenvalue weighted by Gasteiger charge is 2.33.